The maximum atomic E-state index is 13.3. The maximum absolute atomic E-state index is 13.3. The molecule has 5 nitrogen and oxygen atoms in total. The summed E-state index contributed by atoms with van der Waals surface area (Å²) < 4.78 is 5.28. The fourth-order valence-electron chi connectivity index (χ4n) is 3.83. The third-order valence-corrected chi connectivity index (χ3v) is 5.39. The highest BCUT2D eigenvalue weighted by atomic mass is 16.5. The summed E-state index contributed by atoms with van der Waals surface area (Å²) in [4.78, 5) is 20.5. The lowest BCUT2D eigenvalue weighted by Crippen LogP contribution is -2.34. The van der Waals surface area contributed by atoms with Gasteiger partial charge in [0.1, 0.15) is 5.75 Å². The molecule has 1 aliphatic rings. The predicted molar refractivity (Wildman–Crippen MR) is 111 cm³/mol. The van der Waals surface area contributed by atoms with Gasteiger partial charge in [-0.2, -0.15) is 0 Å². The molecule has 2 heterocycles. The molecule has 28 heavy (non-hydrogen) atoms. The molecule has 0 aliphatic carbocycles. The summed E-state index contributed by atoms with van der Waals surface area (Å²) in [5.74, 6) is 0.743. The predicted octanol–water partition coefficient (Wildman–Crippen LogP) is 3.55. The number of hydrogen-bond acceptors (Lipinski definition) is 4. The molecule has 4 rings (SSSR count). The van der Waals surface area contributed by atoms with Crippen molar-refractivity contribution in [2.75, 3.05) is 20.2 Å². The quantitative estimate of drug-likeness (QED) is 0.741. The molecule has 2 aromatic carbocycles. The van der Waals surface area contributed by atoms with Crippen molar-refractivity contribution in [3.8, 4) is 5.75 Å². The normalized spacial score (nSPS) is 13.9. The van der Waals surface area contributed by atoms with E-state index in [9.17, 15) is 4.79 Å². The molecule has 1 amide bonds. The Morgan fingerprint density at radius 1 is 1.21 bits per heavy atom. The second kappa shape index (κ2) is 7.98. The van der Waals surface area contributed by atoms with Crippen molar-refractivity contribution in [3.63, 3.8) is 0 Å². The fraction of sp³-hybridized carbons (Fsp3) is 0.304. The first-order valence-corrected chi connectivity index (χ1v) is 9.73. The first-order valence-electron chi connectivity index (χ1n) is 9.73. The molecule has 0 bridgehead atoms. The summed E-state index contributed by atoms with van der Waals surface area (Å²) in [5.41, 5.74) is 4.78. The molecule has 0 saturated heterocycles. The molecule has 1 aromatic heterocycles. The summed E-state index contributed by atoms with van der Waals surface area (Å²) >= 11 is 0. The van der Waals surface area contributed by atoms with E-state index in [2.05, 4.69) is 17.1 Å². The van der Waals surface area contributed by atoms with Crippen molar-refractivity contribution < 1.29 is 9.53 Å². The van der Waals surface area contributed by atoms with Gasteiger partial charge < -0.3 is 10.1 Å². The zero-order valence-electron chi connectivity index (χ0n) is 16.4. The number of fused-ring (bicyclic) bond motifs is 2. The third-order valence-electron chi connectivity index (χ3n) is 5.39. The van der Waals surface area contributed by atoms with Crippen molar-refractivity contribution >= 4 is 16.8 Å². The number of nitrogens with zero attached hydrogens (tertiary/aromatic N) is 2. The van der Waals surface area contributed by atoms with Gasteiger partial charge >= 0.3 is 0 Å². The van der Waals surface area contributed by atoms with Crippen LogP contribution in [0.15, 0.2) is 48.5 Å². The van der Waals surface area contributed by atoms with Crippen molar-refractivity contribution in [2.45, 2.75) is 26.4 Å². The first kappa shape index (κ1) is 18.4. The highest BCUT2D eigenvalue weighted by molar-refractivity contribution is 6.07. The summed E-state index contributed by atoms with van der Waals surface area (Å²) in [5, 5.41) is 4.02. The largest absolute Gasteiger partial charge is 0.497 e. The van der Waals surface area contributed by atoms with Gasteiger partial charge in [-0.25, -0.2) is 0 Å². The van der Waals surface area contributed by atoms with Crippen LogP contribution in [-0.4, -0.2) is 36.0 Å². The van der Waals surface area contributed by atoms with Crippen LogP contribution in [0.2, 0.25) is 0 Å². The second-order valence-corrected chi connectivity index (χ2v) is 7.08. The van der Waals surface area contributed by atoms with Crippen LogP contribution in [-0.2, 0) is 19.5 Å². The Morgan fingerprint density at radius 2 is 2.07 bits per heavy atom. The lowest BCUT2D eigenvalue weighted by molar-refractivity contribution is 0.0949. The number of hydrogen-bond donors (Lipinski definition) is 1. The standard InChI is InChI=1S/C23H25N3O2/c1-3-26-12-11-21-19(15-26)22(18-9-4-5-10-20(18)25-21)23(27)24-14-16-7-6-8-17(13-16)28-2/h4-10,13H,3,11-12,14-15H2,1-2H3,(H,24,27). The Bertz CT molecular complexity index is 1020. The highest BCUT2D eigenvalue weighted by Crippen LogP contribution is 2.28. The molecule has 1 N–H and O–H groups in total. The third kappa shape index (κ3) is 3.58. The number of amides is 1. The Labute approximate surface area is 165 Å². The Morgan fingerprint density at radius 3 is 2.89 bits per heavy atom. The van der Waals surface area contributed by atoms with Crippen LogP contribution in [0.1, 0.15) is 34.1 Å². The van der Waals surface area contributed by atoms with Crippen molar-refractivity contribution in [2.24, 2.45) is 0 Å². The van der Waals surface area contributed by atoms with Gasteiger partial charge in [0, 0.05) is 42.7 Å². The molecule has 0 saturated carbocycles. The Kier molecular flexibility index (Phi) is 5.26. The van der Waals surface area contributed by atoms with Crippen molar-refractivity contribution in [1.82, 2.24) is 15.2 Å². The van der Waals surface area contributed by atoms with E-state index in [4.69, 9.17) is 9.72 Å². The van der Waals surface area contributed by atoms with Gasteiger partial charge in [0.25, 0.3) is 5.91 Å². The van der Waals surface area contributed by atoms with Crippen molar-refractivity contribution in [3.05, 3.63) is 70.9 Å². The zero-order chi connectivity index (χ0) is 19.5. The number of benzene rings is 2. The average Bonchev–Trinajstić information content (AvgIpc) is 2.75. The molecule has 0 radical (unpaired) electrons. The number of carbonyl (C=O) groups is 1. The van der Waals surface area contributed by atoms with E-state index < -0.39 is 0 Å². The number of carbonyl (C=O) groups excluding carboxylic acids is 1. The lowest BCUT2D eigenvalue weighted by atomic mass is 9.95. The summed E-state index contributed by atoms with van der Waals surface area (Å²) in [6.45, 7) is 5.34. The monoisotopic (exact) mass is 375 g/mol. The molecule has 3 aromatic rings. The second-order valence-electron chi connectivity index (χ2n) is 7.08. The summed E-state index contributed by atoms with van der Waals surface area (Å²) in [6.07, 6.45) is 0.879. The van der Waals surface area contributed by atoms with Crippen LogP contribution in [0.25, 0.3) is 10.9 Å². The molecule has 0 spiro atoms. The minimum Gasteiger partial charge on any atom is -0.497 e. The van der Waals surface area contributed by atoms with Gasteiger partial charge in [0.15, 0.2) is 0 Å². The van der Waals surface area contributed by atoms with E-state index in [1.165, 1.54) is 0 Å². The van der Waals surface area contributed by atoms with Gasteiger partial charge in [-0.15, -0.1) is 0 Å². The number of likely N-dealkylation sites (N-methyl/N-ethyl adjacent to an activating group) is 1. The molecule has 0 unspecified atom stereocenters. The van der Waals surface area contributed by atoms with Crippen LogP contribution in [0.5, 0.6) is 5.75 Å². The minimum absolute atomic E-state index is 0.0457. The number of nitrogens with one attached hydrogen (secondary N) is 1. The van der Waals surface area contributed by atoms with Gasteiger partial charge in [0.2, 0.25) is 0 Å². The van der Waals surface area contributed by atoms with Gasteiger partial charge in [-0.1, -0.05) is 37.3 Å². The first-order chi connectivity index (χ1) is 13.7. The van der Waals surface area contributed by atoms with E-state index in [1.54, 1.807) is 7.11 Å². The van der Waals surface area contributed by atoms with E-state index in [1.807, 2.05) is 48.5 Å². The van der Waals surface area contributed by atoms with Crippen LogP contribution in [0.3, 0.4) is 0 Å². The van der Waals surface area contributed by atoms with E-state index in [-0.39, 0.29) is 5.91 Å². The topological polar surface area (TPSA) is 54.5 Å². The zero-order valence-corrected chi connectivity index (χ0v) is 16.4. The van der Waals surface area contributed by atoms with Gasteiger partial charge in [-0.3, -0.25) is 14.7 Å². The lowest BCUT2D eigenvalue weighted by Gasteiger charge is -2.29. The van der Waals surface area contributed by atoms with Crippen LogP contribution >= 0.6 is 0 Å². The summed E-state index contributed by atoms with van der Waals surface area (Å²) in [7, 11) is 1.65. The number of ether oxygens (including phenoxy) is 1. The number of methoxy groups -OCH3 is 1. The summed E-state index contributed by atoms with van der Waals surface area (Å²) in [6, 6.07) is 15.7. The molecular weight excluding hydrogens is 350 g/mol. The van der Waals surface area contributed by atoms with Gasteiger partial charge in [0.05, 0.1) is 18.2 Å². The van der Waals surface area contributed by atoms with E-state index in [0.717, 1.165) is 65.1 Å². The van der Waals surface area contributed by atoms with E-state index in [0.29, 0.717) is 6.54 Å². The van der Waals surface area contributed by atoms with E-state index >= 15 is 0 Å². The number of pyridine rings is 1. The minimum atomic E-state index is -0.0457. The number of para-hydroxylation sites is 1. The average molecular weight is 375 g/mol. The van der Waals surface area contributed by atoms with Crippen LogP contribution in [0.4, 0.5) is 0 Å². The molecular formula is C23H25N3O2. The molecule has 5 heteroatoms. The molecule has 144 valence electrons. The molecule has 1 aliphatic heterocycles. The molecule has 0 fully saturated rings. The van der Waals surface area contributed by atoms with Crippen LogP contribution < -0.4 is 10.1 Å². The van der Waals surface area contributed by atoms with Gasteiger partial charge in [-0.05, 0) is 30.3 Å². The SMILES string of the molecule is CCN1CCc2nc3ccccc3c(C(=O)NCc3cccc(OC)c3)c2C1. The van der Waals surface area contributed by atoms with Crippen LogP contribution in [0, 0.1) is 0 Å². The van der Waals surface area contributed by atoms with Crippen molar-refractivity contribution in [1.29, 1.82) is 0 Å². The number of aromatic nitrogens is 1. The fourth-order valence-corrected chi connectivity index (χ4v) is 3.83. The highest BCUT2D eigenvalue weighted by Gasteiger charge is 2.25. The number of rotatable bonds is 5. The molecule has 0 atom stereocenters. The maximum Gasteiger partial charge on any atom is 0.252 e. The Balaban J connectivity index is 1.69. The smallest absolute Gasteiger partial charge is 0.252 e. The Hall–Kier alpha value is -2.92.